The number of nitrogens with one attached hydrogen (secondary N) is 2. The lowest BCUT2D eigenvalue weighted by Crippen LogP contribution is -2.20. The monoisotopic (exact) mass is 394 g/mol. The first-order chi connectivity index (χ1) is 13.1. The first-order valence-corrected chi connectivity index (χ1v) is 9.01. The van der Waals surface area contributed by atoms with Gasteiger partial charge in [-0.05, 0) is 55.9 Å². The van der Waals surface area contributed by atoms with E-state index < -0.39 is 23.2 Å². The summed E-state index contributed by atoms with van der Waals surface area (Å²) in [6.45, 7) is 3.97. The smallest absolute Gasteiger partial charge is 0.416 e. The lowest BCUT2D eigenvalue weighted by molar-refractivity contribution is -0.137. The van der Waals surface area contributed by atoms with Gasteiger partial charge in [0.2, 0.25) is 5.56 Å². The van der Waals surface area contributed by atoms with Crippen molar-refractivity contribution in [2.75, 3.05) is 5.32 Å². The minimum absolute atomic E-state index is 0.0798. The van der Waals surface area contributed by atoms with Crippen molar-refractivity contribution in [1.82, 2.24) is 4.98 Å². The molecule has 3 unspecified atom stereocenters. The van der Waals surface area contributed by atoms with E-state index >= 15 is 0 Å². The first kappa shape index (κ1) is 20.0. The van der Waals surface area contributed by atoms with Gasteiger partial charge in [-0.25, -0.2) is 0 Å². The molecule has 1 heterocycles. The van der Waals surface area contributed by atoms with Gasteiger partial charge < -0.3 is 15.0 Å². The van der Waals surface area contributed by atoms with E-state index in [9.17, 15) is 22.8 Å². The molecule has 0 radical (unpaired) electrons. The topological polar surface area (TPSA) is 71.2 Å². The van der Waals surface area contributed by atoms with Gasteiger partial charge in [0.25, 0.3) is 5.91 Å². The second-order valence-corrected chi connectivity index (χ2v) is 7.24. The van der Waals surface area contributed by atoms with E-state index in [2.05, 4.69) is 17.2 Å². The van der Waals surface area contributed by atoms with E-state index in [0.29, 0.717) is 11.8 Å². The number of H-pyrrole nitrogens is 1. The number of anilines is 1. The molecule has 28 heavy (non-hydrogen) atoms. The molecule has 8 heteroatoms. The number of amides is 1. The molecular weight excluding hydrogens is 373 g/mol. The average molecular weight is 394 g/mol. The van der Waals surface area contributed by atoms with Crippen molar-refractivity contribution in [3.63, 3.8) is 0 Å². The fourth-order valence-corrected chi connectivity index (χ4v) is 3.13. The number of rotatable bonds is 6. The second kappa shape index (κ2) is 7.69. The number of aromatic amines is 1. The zero-order valence-corrected chi connectivity index (χ0v) is 15.5. The van der Waals surface area contributed by atoms with E-state index in [1.807, 2.05) is 6.92 Å². The first-order valence-electron chi connectivity index (χ1n) is 9.01. The summed E-state index contributed by atoms with van der Waals surface area (Å²) in [7, 11) is 0. The standard InChI is InChI=1S/C20H21F3N2O3/c1-11-7-13(11)8-12(2)28-17-4-3-14(20(21,22)23)9-16(17)19(27)25-15-5-6-24-18(26)10-15/h3-6,9-13H,7-8H2,1-2H3,(H2,24,25,26,27). The van der Waals surface area contributed by atoms with E-state index in [-0.39, 0.29) is 23.1 Å². The van der Waals surface area contributed by atoms with Crippen LogP contribution in [0.15, 0.2) is 41.3 Å². The lowest BCUT2D eigenvalue weighted by Gasteiger charge is -2.19. The van der Waals surface area contributed by atoms with Gasteiger partial charge in [0.05, 0.1) is 17.2 Å². The number of benzene rings is 1. The van der Waals surface area contributed by atoms with Crippen LogP contribution >= 0.6 is 0 Å². The van der Waals surface area contributed by atoms with Crippen LogP contribution < -0.4 is 15.6 Å². The van der Waals surface area contributed by atoms with Crippen molar-refractivity contribution in [1.29, 1.82) is 0 Å². The molecular formula is C20H21F3N2O3. The Hall–Kier alpha value is -2.77. The maximum absolute atomic E-state index is 13.1. The maximum Gasteiger partial charge on any atom is 0.416 e. The molecule has 0 aliphatic heterocycles. The van der Waals surface area contributed by atoms with Crippen LogP contribution in [0.3, 0.4) is 0 Å². The quantitative estimate of drug-likeness (QED) is 0.760. The van der Waals surface area contributed by atoms with Gasteiger partial charge >= 0.3 is 6.18 Å². The third kappa shape index (κ3) is 4.94. The third-order valence-electron chi connectivity index (χ3n) is 4.82. The Morgan fingerprint density at radius 1 is 1.32 bits per heavy atom. The number of carbonyl (C=O) groups excluding carboxylic acids is 1. The molecule has 0 spiro atoms. The SMILES string of the molecule is CC(CC1CC1C)Oc1ccc(C(F)(F)F)cc1C(=O)Nc1cc[nH]c(=O)c1. The van der Waals surface area contributed by atoms with Gasteiger partial charge in [0, 0.05) is 18.0 Å². The normalized spacial score (nSPS) is 19.8. The highest BCUT2D eigenvalue weighted by Gasteiger charge is 2.35. The van der Waals surface area contributed by atoms with Crippen molar-refractivity contribution >= 4 is 11.6 Å². The third-order valence-corrected chi connectivity index (χ3v) is 4.82. The maximum atomic E-state index is 13.1. The predicted molar refractivity (Wildman–Crippen MR) is 98.4 cm³/mol. The van der Waals surface area contributed by atoms with Gasteiger partial charge in [-0.1, -0.05) is 6.92 Å². The Balaban J connectivity index is 1.86. The number of pyridine rings is 1. The second-order valence-electron chi connectivity index (χ2n) is 7.24. The fourth-order valence-electron chi connectivity index (χ4n) is 3.13. The highest BCUT2D eigenvalue weighted by atomic mass is 19.4. The molecule has 1 aromatic carbocycles. The van der Waals surface area contributed by atoms with Gasteiger partial charge in [0.1, 0.15) is 5.75 Å². The number of ether oxygens (including phenoxy) is 1. The zero-order valence-electron chi connectivity index (χ0n) is 15.5. The van der Waals surface area contributed by atoms with Crippen LogP contribution in [-0.4, -0.2) is 17.0 Å². The highest BCUT2D eigenvalue weighted by Crippen LogP contribution is 2.42. The molecule has 5 nitrogen and oxygen atoms in total. The minimum atomic E-state index is -4.59. The van der Waals surface area contributed by atoms with Gasteiger partial charge in [0.15, 0.2) is 0 Å². The van der Waals surface area contributed by atoms with Crippen molar-refractivity contribution in [3.05, 3.63) is 58.0 Å². The Labute approximate surface area is 159 Å². The lowest BCUT2D eigenvalue weighted by atomic mass is 10.1. The van der Waals surface area contributed by atoms with Crippen LogP contribution in [0, 0.1) is 11.8 Å². The molecule has 1 saturated carbocycles. The molecule has 0 saturated heterocycles. The summed E-state index contributed by atoms with van der Waals surface area (Å²) in [5, 5.41) is 2.45. The molecule has 1 amide bonds. The van der Waals surface area contributed by atoms with Crippen LogP contribution in [0.4, 0.5) is 18.9 Å². The Morgan fingerprint density at radius 3 is 2.64 bits per heavy atom. The van der Waals surface area contributed by atoms with Gasteiger partial charge in [-0.2, -0.15) is 13.2 Å². The number of hydrogen-bond donors (Lipinski definition) is 2. The van der Waals surface area contributed by atoms with Crippen molar-refractivity contribution < 1.29 is 22.7 Å². The molecule has 1 fully saturated rings. The van der Waals surface area contributed by atoms with Gasteiger partial charge in [-0.3, -0.25) is 9.59 Å². The van der Waals surface area contributed by atoms with Crippen LogP contribution in [-0.2, 0) is 6.18 Å². The summed E-state index contributed by atoms with van der Waals surface area (Å²) in [6, 6.07) is 5.41. The summed E-state index contributed by atoms with van der Waals surface area (Å²) in [5.74, 6) is 0.463. The van der Waals surface area contributed by atoms with E-state index in [1.54, 1.807) is 0 Å². The molecule has 1 aromatic heterocycles. The van der Waals surface area contributed by atoms with Crippen LogP contribution in [0.25, 0.3) is 0 Å². The molecule has 3 atom stereocenters. The zero-order chi connectivity index (χ0) is 20.5. The largest absolute Gasteiger partial charge is 0.490 e. The average Bonchev–Trinajstić information content (AvgIpc) is 3.28. The molecule has 150 valence electrons. The summed E-state index contributed by atoms with van der Waals surface area (Å²) in [5.41, 5.74) is -1.44. The molecule has 1 aliphatic carbocycles. The Bertz CT molecular complexity index is 923. The number of aromatic nitrogens is 1. The molecule has 2 aromatic rings. The van der Waals surface area contributed by atoms with Crippen molar-refractivity contribution in [2.24, 2.45) is 11.8 Å². The number of halogens is 3. The van der Waals surface area contributed by atoms with Gasteiger partial charge in [-0.15, -0.1) is 0 Å². The number of alkyl halides is 3. The number of carbonyl (C=O) groups is 1. The van der Waals surface area contributed by atoms with E-state index in [4.69, 9.17) is 4.74 Å². The van der Waals surface area contributed by atoms with Crippen LogP contribution in [0.5, 0.6) is 5.75 Å². The summed E-state index contributed by atoms with van der Waals surface area (Å²) in [4.78, 5) is 26.4. The summed E-state index contributed by atoms with van der Waals surface area (Å²) < 4.78 is 45.1. The van der Waals surface area contributed by atoms with E-state index in [0.717, 1.165) is 31.0 Å². The minimum Gasteiger partial charge on any atom is -0.490 e. The van der Waals surface area contributed by atoms with Crippen molar-refractivity contribution in [3.8, 4) is 5.75 Å². The van der Waals surface area contributed by atoms with Crippen LogP contribution in [0.1, 0.15) is 42.6 Å². The summed E-state index contributed by atoms with van der Waals surface area (Å²) >= 11 is 0. The number of hydrogen-bond acceptors (Lipinski definition) is 3. The molecule has 0 bridgehead atoms. The molecule has 3 rings (SSSR count). The van der Waals surface area contributed by atoms with Crippen LogP contribution in [0.2, 0.25) is 0 Å². The fraction of sp³-hybridized carbons (Fsp3) is 0.400. The van der Waals surface area contributed by atoms with Crippen molar-refractivity contribution in [2.45, 2.75) is 39.0 Å². The Morgan fingerprint density at radius 2 is 2.04 bits per heavy atom. The van der Waals surface area contributed by atoms with E-state index in [1.165, 1.54) is 18.3 Å². The predicted octanol–water partition coefficient (Wildman–Crippen LogP) is 4.46. The Kier molecular flexibility index (Phi) is 5.49. The molecule has 2 N–H and O–H groups in total. The molecule has 1 aliphatic rings. The summed E-state index contributed by atoms with van der Waals surface area (Å²) in [6.07, 6.45) is -1.61. The highest BCUT2D eigenvalue weighted by molar-refractivity contribution is 6.06.